The summed E-state index contributed by atoms with van der Waals surface area (Å²) in [5.74, 6) is -2.47. The molecule has 18 heavy (non-hydrogen) atoms. The van der Waals surface area contributed by atoms with Gasteiger partial charge < -0.3 is 32.1 Å². The number of aliphatic imine (C=N–C) groups is 1. The van der Waals surface area contributed by atoms with E-state index in [2.05, 4.69) is 10.3 Å². The molecule has 0 amide bonds. The summed E-state index contributed by atoms with van der Waals surface area (Å²) in [5, 5.41) is 29.3. The molecule has 8 N–H and O–H groups in total. The van der Waals surface area contributed by atoms with Gasteiger partial charge in [-0.15, -0.1) is 0 Å². The van der Waals surface area contributed by atoms with E-state index in [0.717, 1.165) is 0 Å². The van der Waals surface area contributed by atoms with Crippen molar-refractivity contribution in [3.63, 3.8) is 0 Å². The SMILES string of the molecule is NC(N)=NCCC(O)C(NCCC(=O)O)C(=O)O. The zero-order valence-corrected chi connectivity index (χ0v) is 9.74. The number of rotatable bonds is 9. The Morgan fingerprint density at radius 3 is 2.33 bits per heavy atom. The van der Waals surface area contributed by atoms with Crippen LogP contribution in [0.5, 0.6) is 0 Å². The van der Waals surface area contributed by atoms with E-state index in [-0.39, 0.29) is 31.9 Å². The number of aliphatic carboxylic acids is 2. The number of nitrogens with two attached hydrogens (primary N) is 2. The molecule has 0 aromatic rings. The van der Waals surface area contributed by atoms with Crippen molar-refractivity contribution < 1.29 is 24.9 Å². The first-order chi connectivity index (χ1) is 8.34. The topological polar surface area (TPSA) is 171 Å². The van der Waals surface area contributed by atoms with Gasteiger partial charge in [0.15, 0.2) is 5.96 Å². The highest BCUT2D eigenvalue weighted by atomic mass is 16.4. The highest BCUT2D eigenvalue weighted by molar-refractivity contribution is 5.76. The molecule has 0 aliphatic rings. The molecule has 0 bridgehead atoms. The number of guanidine groups is 1. The summed E-state index contributed by atoms with van der Waals surface area (Å²) in [6, 6.07) is -1.25. The lowest BCUT2D eigenvalue weighted by atomic mass is 10.1. The largest absolute Gasteiger partial charge is 0.481 e. The summed E-state index contributed by atoms with van der Waals surface area (Å²) in [6.07, 6.45) is -1.39. The van der Waals surface area contributed by atoms with E-state index >= 15 is 0 Å². The number of nitrogens with one attached hydrogen (secondary N) is 1. The Morgan fingerprint density at radius 1 is 1.28 bits per heavy atom. The Kier molecular flexibility index (Phi) is 7.40. The third-order valence-corrected chi connectivity index (χ3v) is 2.07. The van der Waals surface area contributed by atoms with Crippen LogP contribution in [0.1, 0.15) is 12.8 Å². The Morgan fingerprint density at radius 2 is 1.89 bits per heavy atom. The van der Waals surface area contributed by atoms with E-state index in [1.807, 2.05) is 0 Å². The molecule has 0 fully saturated rings. The lowest BCUT2D eigenvalue weighted by Crippen LogP contribution is -2.47. The second kappa shape index (κ2) is 8.25. The van der Waals surface area contributed by atoms with Gasteiger partial charge >= 0.3 is 11.9 Å². The molecule has 2 unspecified atom stereocenters. The monoisotopic (exact) mass is 262 g/mol. The summed E-state index contributed by atoms with van der Waals surface area (Å²) < 4.78 is 0. The van der Waals surface area contributed by atoms with Gasteiger partial charge in [0, 0.05) is 13.1 Å². The average molecular weight is 262 g/mol. The molecule has 9 nitrogen and oxygen atoms in total. The van der Waals surface area contributed by atoms with Crippen molar-refractivity contribution in [2.24, 2.45) is 16.5 Å². The third-order valence-electron chi connectivity index (χ3n) is 2.07. The summed E-state index contributed by atoms with van der Waals surface area (Å²) in [7, 11) is 0. The first kappa shape index (κ1) is 16.1. The Labute approximate surface area is 103 Å². The number of carboxylic acid groups (broad SMARTS) is 2. The van der Waals surface area contributed by atoms with Crippen molar-refractivity contribution in [1.29, 1.82) is 0 Å². The maximum absolute atomic E-state index is 10.9. The van der Waals surface area contributed by atoms with Crippen LogP contribution in [0, 0.1) is 0 Å². The van der Waals surface area contributed by atoms with Crippen LogP contribution in [0.3, 0.4) is 0 Å². The molecule has 0 saturated heterocycles. The Hall–Kier alpha value is -1.87. The molecule has 0 heterocycles. The molecule has 9 heteroatoms. The molecular formula is C9H18N4O5. The van der Waals surface area contributed by atoms with Gasteiger partial charge in [-0.25, -0.2) is 0 Å². The van der Waals surface area contributed by atoms with Gasteiger partial charge in [0.05, 0.1) is 12.5 Å². The van der Waals surface area contributed by atoms with Crippen molar-refractivity contribution in [3.8, 4) is 0 Å². The fourth-order valence-corrected chi connectivity index (χ4v) is 1.22. The summed E-state index contributed by atoms with van der Waals surface area (Å²) in [5.41, 5.74) is 10.2. The van der Waals surface area contributed by atoms with Gasteiger partial charge in [0.2, 0.25) is 0 Å². The van der Waals surface area contributed by atoms with Crippen LogP contribution < -0.4 is 16.8 Å². The van der Waals surface area contributed by atoms with Crippen molar-refractivity contribution in [2.75, 3.05) is 13.1 Å². The third kappa shape index (κ3) is 7.41. The minimum absolute atomic E-state index is 0.0499. The minimum atomic E-state index is -1.27. The van der Waals surface area contributed by atoms with Gasteiger partial charge in [0.1, 0.15) is 6.04 Å². The van der Waals surface area contributed by atoms with Crippen LogP contribution in [0.2, 0.25) is 0 Å². The Bertz CT molecular complexity index is 316. The number of hydrogen-bond donors (Lipinski definition) is 6. The molecule has 0 spiro atoms. The van der Waals surface area contributed by atoms with Crippen molar-refractivity contribution >= 4 is 17.9 Å². The van der Waals surface area contributed by atoms with Crippen LogP contribution >= 0.6 is 0 Å². The minimum Gasteiger partial charge on any atom is -0.481 e. The second-order valence-electron chi connectivity index (χ2n) is 3.58. The molecule has 0 aromatic heterocycles. The fourth-order valence-electron chi connectivity index (χ4n) is 1.22. The maximum Gasteiger partial charge on any atom is 0.323 e. The highest BCUT2D eigenvalue weighted by Gasteiger charge is 2.25. The van der Waals surface area contributed by atoms with Gasteiger partial charge in [-0.2, -0.15) is 0 Å². The average Bonchev–Trinajstić information content (AvgIpc) is 2.22. The van der Waals surface area contributed by atoms with Crippen LogP contribution in [0.15, 0.2) is 4.99 Å². The molecule has 2 atom stereocenters. The van der Waals surface area contributed by atoms with Gasteiger partial charge in [-0.05, 0) is 6.42 Å². The van der Waals surface area contributed by atoms with Crippen molar-refractivity contribution in [2.45, 2.75) is 25.0 Å². The van der Waals surface area contributed by atoms with E-state index in [1.165, 1.54) is 0 Å². The van der Waals surface area contributed by atoms with E-state index in [9.17, 15) is 14.7 Å². The molecule has 0 radical (unpaired) electrons. The number of hydrogen-bond acceptors (Lipinski definition) is 5. The van der Waals surface area contributed by atoms with Crippen molar-refractivity contribution in [1.82, 2.24) is 5.32 Å². The lowest BCUT2D eigenvalue weighted by Gasteiger charge is -2.19. The van der Waals surface area contributed by atoms with Gasteiger partial charge in [-0.1, -0.05) is 0 Å². The molecule has 104 valence electrons. The van der Waals surface area contributed by atoms with E-state index in [1.54, 1.807) is 0 Å². The highest BCUT2D eigenvalue weighted by Crippen LogP contribution is 2.00. The lowest BCUT2D eigenvalue weighted by molar-refractivity contribution is -0.143. The van der Waals surface area contributed by atoms with Crippen LogP contribution in [-0.2, 0) is 9.59 Å². The number of aliphatic hydroxyl groups excluding tert-OH is 1. The van der Waals surface area contributed by atoms with Gasteiger partial charge in [0.25, 0.3) is 0 Å². The zero-order valence-electron chi connectivity index (χ0n) is 9.74. The molecule has 0 saturated carbocycles. The smallest absolute Gasteiger partial charge is 0.323 e. The van der Waals surface area contributed by atoms with E-state index in [4.69, 9.17) is 21.7 Å². The van der Waals surface area contributed by atoms with Gasteiger partial charge in [-0.3, -0.25) is 14.6 Å². The first-order valence-electron chi connectivity index (χ1n) is 5.26. The van der Waals surface area contributed by atoms with Crippen molar-refractivity contribution in [3.05, 3.63) is 0 Å². The molecule has 0 aliphatic carbocycles. The zero-order chi connectivity index (χ0) is 14.1. The van der Waals surface area contributed by atoms with E-state index < -0.39 is 24.1 Å². The number of aliphatic hydroxyl groups is 1. The fraction of sp³-hybridized carbons (Fsp3) is 0.667. The standard InChI is InChI=1S/C9H18N4O5/c10-9(11)13-3-1-5(14)7(8(17)18)12-4-2-6(15)16/h5,7,12,14H,1-4H2,(H,15,16)(H,17,18)(H4,10,11,13). The summed E-state index contributed by atoms with van der Waals surface area (Å²) in [4.78, 5) is 24.7. The quantitative estimate of drug-likeness (QED) is 0.196. The molecule has 0 aliphatic heterocycles. The number of carboxylic acids is 2. The Balaban J connectivity index is 4.19. The van der Waals surface area contributed by atoms with E-state index in [0.29, 0.717) is 0 Å². The first-order valence-corrected chi connectivity index (χ1v) is 5.26. The molecule has 0 rings (SSSR count). The van der Waals surface area contributed by atoms with Crippen LogP contribution in [0.4, 0.5) is 0 Å². The maximum atomic E-state index is 10.9. The van der Waals surface area contributed by atoms with Crippen LogP contribution in [-0.4, -0.2) is 58.5 Å². The number of carbonyl (C=O) groups is 2. The number of nitrogens with zero attached hydrogens (tertiary/aromatic N) is 1. The van der Waals surface area contributed by atoms with Crippen LogP contribution in [0.25, 0.3) is 0 Å². The normalized spacial score (nSPS) is 13.6. The predicted octanol–water partition coefficient (Wildman–Crippen LogP) is -2.47. The molecule has 0 aromatic carbocycles. The summed E-state index contributed by atoms with van der Waals surface area (Å²) in [6.45, 7) is 0.0412. The second-order valence-corrected chi connectivity index (χ2v) is 3.58. The summed E-state index contributed by atoms with van der Waals surface area (Å²) >= 11 is 0. The molecular weight excluding hydrogens is 244 g/mol. The predicted molar refractivity (Wildman–Crippen MR) is 63.0 cm³/mol.